The van der Waals surface area contributed by atoms with Crippen LogP contribution in [-0.2, 0) is 0 Å². The summed E-state index contributed by atoms with van der Waals surface area (Å²) in [4.78, 5) is 4.05. The Labute approximate surface area is 95.1 Å². The molecular weight excluding hydrogens is 241 g/mol. The Morgan fingerprint density at radius 3 is 2.50 bits per heavy atom. The highest BCUT2D eigenvalue weighted by Crippen LogP contribution is 2.26. The van der Waals surface area contributed by atoms with Crippen LogP contribution in [0.5, 0.6) is 0 Å². The van der Waals surface area contributed by atoms with E-state index in [1.54, 1.807) is 12.1 Å². The van der Waals surface area contributed by atoms with Crippen LogP contribution in [0.25, 0.3) is 11.4 Å². The summed E-state index contributed by atoms with van der Waals surface area (Å²) in [7, 11) is 0. The maximum atomic E-state index is 5.86. The van der Waals surface area contributed by atoms with E-state index >= 15 is 0 Å². The molecule has 1 heterocycles. The SMILES string of the molecule is S=c1nc(-c2ccc(Cl)c(Cl)c2)[nH][nH]1. The predicted molar refractivity (Wildman–Crippen MR) is 59.2 cm³/mol. The van der Waals surface area contributed by atoms with E-state index in [2.05, 4.69) is 15.2 Å². The van der Waals surface area contributed by atoms with Crippen molar-refractivity contribution in [2.45, 2.75) is 0 Å². The van der Waals surface area contributed by atoms with E-state index in [1.165, 1.54) is 0 Å². The first-order valence-corrected chi connectivity index (χ1v) is 4.93. The highest BCUT2D eigenvalue weighted by Gasteiger charge is 2.03. The highest BCUT2D eigenvalue weighted by atomic mass is 35.5. The van der Waals surface area contributed by atoms with Crippen molar-refractivity contribution in [2.24, 2.45) is 0 Å². The summed E-state index contributed by atoms with van der Waals surface area (Å²) in [5.74, 6) is 0.647. The van der Waals surface area contributed by atoms with Crippen molar-refractivity contribution in [2.75, 3.05) is 0 Å². The third-order valence-corrected chi connectivity index (χ3v) is 2.63. The Bertz CT molecular complexity index is 517. The molecule has 1 aromatic heterocycles. The summed E-state index contributed by atoms with van der Waals surface area (Å²) < 4.78 is 0.408. The first kappa shape index (κ1) is 9.71. The van der Waals surface area contributed by atoms with Crippen LogP contribution in [0.1, 0.15) is 0 Å². The molecule has 72 valence electrons. The number of halogens is 2. The average Bonchev–Trinajstić information content (AvgIpc) is 2.57. The number of H-pyrrole nitrogens is 2. The molecular formula is C8H5Cl2N3S. The Balaban J connectivity index is 2.52. The van der Waals surface area contributed by atoms with Crippen LogP contribution in [0.4, 0.5) is 0 Å². The fourth-order valence-electron chi connectivity index (χ4n) is 1.05. The minimum absolute atomic E-state index is 0.408. The van der Waals surface area contributed by atoms with E-state index in [4.69, 9.17) is 35.4 Å². The molecule has 0 radical (unpaired) electrons. The Hall–Kier alpha value is -0.840. The Morgan fingerprint density at radius 2 is 1.93 bits per heavy atom. The summed E-state index contributed by atoms with van der Waals surface area (Å²) in [6.45, 7) is 0. The summed E-state index contributed by atoms with van der Waals surface area (Å²) in [6, 6.07) is 5.26. The number of hydrogen-bond acceptors (Lipinski definition) is 2. The second-order valence-electron chi connectivity index (χ2n) is 2.64. The standard InChI is InChI=1S/C8H5Cl2N3S/c9-5-2-1-4(3-6(5)10)7-11-8(14)13-12-7/h1-3H,(H2,11,12,13,14). The number of nitrogens with one attached hydrogen (secondary N) is 2. The van der Waals surface area contributed by atoms with Crippen molar-refractivity contribution in [1.29, 1.82) is 0 Å². The number of aromatic nitrogens is 3. The Kier molecular flexibility index (Phi) is 2.58. The van der Waals surface area contributed by atoms with Gasteiger partial charge >= 0.3 is 0 Å². The van der Waals surface area contributed by atoms with Crippen molar-refractivity contribution in [3.63, 3.8) is 0 Å². The van der Waals surface area contributed by atoms with E-state index in [1.807, 2.05) is 6.07 Å². The second kappa shape index (κ2) is 3.73. The van der Waals surface area contributed by atoms with Crippen LogP contribution in [0.2, 0.25) is 10.0 Å². The summed E-state index contributed by atoms with van der Waals surface area (Å²) in [5, 5.41) is 6.54. The smallest absolute Gasteiger partial charge is 0.213 e. The topological polar surface area (TPSA) is 44.5 Å². The minimum Gasteiger partial charge on any atom is -0.282 e. The summed E-state index contributed by atoms with van der Waals surface area (Å²) >= 11 is 16.5. The second-order valence-corrected chi connectivity index (χ2v) is 3.85. The molecule has 6 heteroatoms. The van der Waals surface area contributed by atoms with Crippen molar-refractivity contribution in [3.05, 3.63) is 33.0 Å². The molecule has 0 amide bonds. The zero-order valence-corrected chi connectivity index (χ0v) is 9.17. The van der Waals surface area contributed by atoms with Gasteiger partial charge in [0.25, 0.3) is 0 Å². The van der Waals surface area contributed by atoms with E-state index in [0.717, 1.165) is 5.56 Å². The lowest BCUT2D eigenvalue weighted by Gasteiger charge is -1.98. The lowest BCUT2D eigenvalue weighted by atomic mass is 10.2. The fraction of sp³-hybridized carbons (Fsp3) is 0. The summed E-state index contributed by atoms with van der Waals surface area (Å²) in [6.07, 6.45) is 0. The van der Waals surface area contributed by atoms with Gasteiger partial charge < -0.3 is 0 Å². The normalized spacial score (nSPS) is 10.4. The van der Waals surface area contributed by atoms with Gasteiger partial charge in [0.2, 0.25) is 4.77 Å². The third kappa shape index (κ3) is 1.82. The predicted octanol–water partition coefficient (Wildman–Crippen LogP) is 3.44. The lowest BCUT2D eigenvalue weighted by Crippen LogP contribution is -1.80. The lowest BCUT2D eigenvalue weighted by molar-refractivity contribution is 1.08. The number of benzene rings is 1. The molecule has 2 aromatic rings. The number of nitrogens with zero attached hydrogens (tertiary/aromatic N) is 1. The van der Waals surface area contributed by atoms with Crippen LogP contribution < -0.4 is 0 Å². The van der Waals surface area contributed by atoms with E-state index in [-0.39, 0.29) is 0 Å². The van der Waals surface area contributed by atoms with Crippen molar-refractivity contribution < 1.29 is 0 Å². The van der Waals surface area contributed by atoms with Gasteiger partial charge in [-0.2, -0.15) is 4.98 Å². The molecule has 0 saturated heterocycles. The van der Waals surface area contributed by atoms with E-state index in [9.17, 15) is 0 Å². The van der Waals surface area contributed by atoms with Crippen LogP contribution >= 0.6 is 35.4 Å². The molecule has 0 spiro atoms. The van der Waals surface area contributed by atoms with Gasteiger partial charge in [-0.1, -0.05) is 23.2 Å². The van der Waals surface area contributed by atoms with Crippen LogP contribution in [0.3, 0.4) is 0 Å². The molecule has 2 rings (SSSR count). The highest BCUT2D eigenvalue weighted by molar-refractivity contribution is 7.71. The quantitative estimate of drug-likeness (QED) is 0.757. The average molecular weight is 246 g/mol. The van der Waals surface area contributed by atoms with Gasteiger partial charge in [0, 0.05) is 5.56 Å². The molecule has 0 atom stereocenters. The summed E-state index contributed by atoms with van der Waals surface area (Å²) in [5.41, 5.74) is 0.840. The molecule has 0 aliphatic carbocycles. The first-order valence-electron chi connectivity index (χ1n) is 3.77. The first-order chi connectivity index (χ1) is 6.66. The zero-order chi connectivity index (χ0) is 10.1. The van der Waals surface area contributed by atoms with Gasteiger partial charge in [-0.05, 0) is 30.4 Å². The molecule has 1 aromatic carbocycles. The van der Waals surface area contributed by atoms with E-state index in [0.29, 0.717) is 20.6 Å². The molecule has 0 bridgehead atoms. The van der Waals surface area contributed by atoms with Crippen molar-refractivity contribution >= 4 is 35.4 Å². The molecule has 3 nitrogen and oxygen atoms in total. The van der Waals surface area contributed by atoms with Gasteiger partial charge in [-0.25, -0.2) is 0 Å². The largest absolute Gasteiger partial charge is 0.282 e. The maximum Gasteiger partial charge on any atom is 0.213 e. The minimum atomic E-state index is 0.408. The third-order valence-electron chi connectivity index (χ3n) is 1.69. The van der Waals surface area contributed by atoms with Gasteiger partial charge in [0.05, 0.1) is 10.0 Å². The molecule has 14 heavy (non-hydrogen) atoms. The van der Waals surface area contributed by atoms with Crippen molar-refractivity contribution in [1.82, 2.24) is 15.2 Å². The fourth-order valence-corrected chi connectivity index (χ4v) is 1.49. The maximum absolute atomic E-state index is 5.86. The Morgan fingerprint density at radius 1 is 1.14 bits per heavy atom. The van der Waals surface area contributed by atoms with Crippen LogP contribution in [0.15, 0.2) is 18.2 Å². The molecule has 2 N–H and O–H groups in total. The van der Waals surface area contributed by atoms with Crippen molar-refractivity contribution in [3.8, 4) is 11.4 Å². The van der Waals surface area contributed by atoms with Gasteiger partial charge in [-0.15, -0.1) is 0 Å². The molecule has 0 unspecified atom stereocenters. The molecule has 0 aliphatic rings. The number of rotatable bonds is 1. The molecule has 0 saturated carbocycles. The van der Waals surface area contributed by atoms with Gasteiger partial charge in [0.1, 0.15) is 0 Å². The van der Waals surface area contributed by atoms with Crippen LogP contribution in [-0.4, -0.2) is 15.2 Å². The van der Waals surface area contributed by atoms with Crippen LogP contribution in [0, 0.1) is 4.77 Å². The number of aromatic amines is 2. The molecule has 0 fully saturated rings. The monoisotopic (exact) mass is 245 g/mol. The zero-order valence-electron chi connectivity index (χ0n) is 6.84. The number of hydrogen-bond donors (Lipinski definition) is 2. The van der Waals surface area contributed by atoms with Gasteiger partial charge in [0.15, 0.2) is 5.82 Å². The van der Waals surface area contributed by atoms with Gasteiger partial charge in [-0.3, -0.25) is 10.2 Å². The van der Waals surface area contributed by atoms with E-state index < -0.39 is 0 Å². The molecule has 0 aliphatic heterocycles.